The van der Waals surface area contributed by atoms with Gasteiger partial charge in [0.1, 0.15) is 12.3 Å². The van der Waals surface area contributed by atoms with Crippen LogP contribution in [0.3, 0.4) is 0 Å². The summed E-state index contributed by atoms with van der Waals surface area (Å²) in [5.74, 6) is 0.509. The summed E-state index contributed by atoms with van der Waals surface area (Å²) >= 11 is 1.34. The highest BCUT2D eigenvalue weighted by Crippen LogP contribution is 2.29. The number of amides is 2. The van der Waals surface area contributed by atoms with E-state index in [-0.39, 0.29) is 30.2 Å². The number of nitrogens with zero attached hydrogens (tertiary/aromatic N) is 3. The van der Waals surface area contributed by atoms with E-state index in [1.807, 2.05) is 39.0 Å². The van der Waals surface area contributed by atoms with Gasteiger partial charge in [0, 0.05) is 42.3 Å². The van der Waals surface area contributed by atoms with Crippen molar-refractivity contribution in [2.24, 2.45) is 5.92 Å². The second-order valence-corrected chi connectivity index (χ2v) is 11.1. The van der Waals surface area contributed by atoms with Crippen molar-refractivity contribution in [1.29, 1.82) is 0 Å². The van der Waals surface area contributed by atoms with Crippen molar-refractivity contribution >= 4 is 39.3 Å². The van der Waals surface area contributed by atoms with E-state index in [1.165, 1.54) is 24.4 Å². The third-order valence-corrected chi connectivity index (χ3v) is 7.60. The summed E-state index contributed by atoms with van der Waals surface area (Å²) in [6, 6.07) is 6.11. The zero-order valence-corrected chi connectivity index (χ0v) is 21.5. The van der Waals surface area contributed by atoms with Crippen LogP contribution in [0.1, 0.15) is 57.4 Å². The Morgan fingerprint density at radius 2 is 2.03 bits per heavy atom. The molecule has 1 aromatic heterocycles. The molecule has 0 spiro atoms. The maximum Gasteiger partial charge on any atom is 0.410 e. The lowest BCUT2D eigenvalue weighted by Gasteiger charge is -2.44. The van der Waals surface area contributed by atoms with Gasteiger partial charge in [0.05, 0.1) is 4.70 Å². The van der Waals surface area contributed by atoms with Gasteiger partial charge in [0.15, 0.2) is 0 Å². The number of carbonyl (C=O) groups is 2. The number of carbonyl (C=O) groups excluding carboxylic acids is 2. The molecule has 0 saturated carbocycles. The lowest BCUT2D eigenvalue weighted by molar-refractivity contribution is 0.0619. The Labute approximate surface area is 206 Å². The molecule has 1 atom stereocenters. The molecule has 0 radical (unpaired) electrons. The smallest absolute Gasteiger partial charge is 0.410 e. The molecule has 0 unspecified atom stereocenters. The van der Waals surface area contributed by atoms with Crippen LogP contribution in [0.5, 0.6) is 0 Å². The molecule has 4 heterocycles. The summed E-state index contributed by atoms with van der Waals surface area (Å²) in [5.41, 5.74) is 1.16. The first-order valence-corrected chi connectivity index (χ1v) is 13.1. The van der Waals surface area contributed by atoms with Gasteiger partial charge < -0.3 is 25.2 Å². The first-order chi connectivity index (χ1) is 16.3. The predicted octanol–water partition coefficient (Wildman–Crippen LogP) is 4.18. The van der Waals surface area contributed by atoms with E-state index in [2.05, 4.69) is 26.8 Å². The summed E-state index contributed by atoms with van der Waals surface area (Å²) in [7, 11) is 0. The Morgan fingerprint density at radius 1 is 1.26 bits per heavy atom. The summed E-state index contributed by atoms with van der Waals surface area (Å²) < 4.78 is 10.9. The zero-order valence-electron chi connectivity index (χ0n) is 20.7. The molecule has 2 bridgehead atoms. The summed E-state index contributed by atoms with van der Waals surface area (Å²) in [6.07, 6.45) is 2.94. The summed E-state index contributed by atoms with van der Waals surface area (Å²) in [5, 5.41) is 7.41. The van der Waals surface area contributed by atoms with Crippen molar-refractivity contribution in [2.45, 2.75) is 58.5 Å². The van der Waals surface area contributed by atoms with E-state index in [1.54, 1.807) is 4.90 Å². The molecule has 9 heteroatoms. The predicted molar refractivity (Wildman–Crippen MR) is 137 cm³/mol. The molecule has 2 aromatic rings. The molecule has 34 heavy (non-hydrogen) atoms. The lowest BCUT2D eigenvalue weighted by atomic mass is 9.84. The second-order valence-electron chi connectivity index (χ2n) is 10.3. The van der Waals surface area contributed by atoms with E-state index >= 15 is 0 Å². The number of hydrogen-bond donors (Lipinski definition) is 2. The van der Waals surface area contributed by atoms with Crippen molar-refractivity contribution in [1.82, 2.24) is 19.5 Å². The maximum atomic E-state index is 12.9. The topological polar surface area (TPSA) is 86.8 Å². The first-order valence-electron chi connectivity index (χ1n) is 12.4. The van der Waals surface area contributed by atoms with Crippen molar-refractivity contribution in [3.05, 3.63) is 23.9 Å². The Morgan fingerprint density at radius 3 is 2.68 bits per heavy atom. The summed E-state index contributed by atoms with van der Waals surface area (Å²) in [4.78, 5) is 29.6. The highest BCUT2D eigenvalue weighted by molar-refractivity contribution is 7.13. The normalized spacial score (nSPS) is 21.9. The molecule has 3 aliphatic heterocycles. The fourth-order valence-electron chi connectivity index (χ4n) is 4.91. The number of piperidine rings is 3. The largest absolute Gasteiger partial charge is 0.448 e. The fraction of sp³-hybridized carbons (Fsp3) is 0.640. The minimum atomic E-state index is -0.285. The van der Waals surface area contributed by atoms with E-state index in [0.29, 0.717) is 24.7 Å². The third kappa shape index (κ3) is 5.63. The van der Waals surface area contributed by atoms with Gasteiger partial charge in [-0.05, 0) is 88.8 Å². The van der Waals surface area contributed by atoms with Gasteiger partial charge >= 0.3 is 6.09 Å². The van der Waals surface area contributed by atoms with Crippen LogP contribution in [-0.2, 0) is 4.74 Å². The SMILES string of the molecule is CCCN(C(=O)OCCNc1ccc2c(C(=O)N[C@@H]3CN4CCC3CC4)nsc2c1)C(C)(C)C. The number of ether oxygens (including phenoxy) is 1. The quantitative estimate of drug-likeness (QED) is 0.543. The van der Waals surface area contributed by atoms with Crippen LogP contribution in [0.4, 0.5) is 10.5 Å². The highest BCUT2D eigenvalue weighted by atomic mass is 32.1. The number of rotatable bonds is 8. The molecule has 2 amide bonds. The van der Waals surface area contributed by atoms with Crippen LogP contribution in [0.15, 0.2) is 18.2 Å². The standard InChI is InChI=1S/C25H37N5O3S/c1-5-11-30(25(2,3)4)24(32)33-14-10-26-18-6-7-19-21(15-18)34-28-22(19)23(31)27-20-16-29-12-8-17(20)9-13-29/h6-7,15,17,20,26H,5,8-14,16H2,1-4H3,(H,27,31)/t20-/m1/s1. The molecule has 3 aliphatic rings. The number of hydrogen-bond acceptors (Lipinski definition) is 7. The van der Waals surface area contributed by atoms with Gasteiger partial charge in [0.2, 0.25) is 0 Å². The molecule has 3 saturated heterocycles. The number of aromatic nitrogens is 1. The Bertz CT molecular complexity index is 1010. The molecular formula is C25H37N5O3S. The molecule has 1 aromatic carbocycles. The van der Waals surface area contributed by atoms with Gasteiger partial charge in [-0.15, -0.1) is 0 Å². The van der Waals surface area contributed by atoms with Crippen LogP contribution in [0.25, 0.3) is 10.1 Å². The lowest BCUT2D eigenvalue weighted by Crippen LogP contribution is -2.57. The maximum absolute atomic E-state index is 12.9. The number of anilines is 1. The molecular weight excluding hydrogens is 450 g/mol. The highest BCUT2D eigenvalue weighted by Gasteiger charge is 2.35. The minimum absolute atomic E-state index is 0.0758. The molecule has 186 valence electrons. The van der Waals surface area contributed by atoms with Crippen molar-refractivity contribution in [3.8, 4) is 0 Å². The second kappa shape index (κ2) is 10.5. The summed E-state index contributed by atoms with van der Waals surface area (Å²) in [6.45, 7) is 12.8. The van der Waals surface area contributed by atoms with E-state index in [9.17, 15) is 9.59 Å². The minimum Gasteiger partial charge on any atom is -0.448 e. The molecule has 2 N–H and O–H groups in total. The fourth-order valence-corrected chi connectivity index (χ4v) is 5.73. The van der Waals surface area contributed by atoms with Crippen LogP contribution < -0.4 is 10.6 Å². The monoisotopic (exact) mass is 487 g/mol. The first kappa shape index (κ1) is 24.7. The Kier molecular flexibility index (Phi) is 7.62. The van der Waals surface area contributed by atoms with Crippen molar-refractivity contribution < 1.29 is 14.3 Å². The molecule has 5 rings (SSSR count). The van der Waals surface area contributed by atoms with Gasteiger partial charge in [0.25, 0.3) is 5.91 Å². The molecule has 8 nitrogen and oxygen atoms in total. The van der Waals surface area contributed by atoms with E-state index < -0.39 is 0 Å². The van der Waals surface area contributed by atoms with Crippen LogP contribution in [0, 0.1) is 5.92 Å². The Hall–Kier alpha value is -2.39. The van der Waals surface area contributed by atoms with Gasteiger partial charge in [-0.1, -0.05) is 6.92 Å². The Balaban J connectivity index is 1.30. The molecule has 3 fully saturated rings. The van der Waals surface area contributed by atoms with E-state index in [0.717, 1.165) is 41.8 Å². The van der Waals surface area contributed by atoms with Gasteiger partial charge in [-0.3, -0.25) is 4.79 Å². The molecule has 0 aliphatic carbocycles. The van der Waals surface area contributed by atoms with Crippen LogP contribution in [0.2, 0.25) is 0 Å². The van der Waals surface area contributed by atoms with E-state index in [4.69, 9.17) is 4.74 Å². The van der Waals surface area contributed by atoms with Crippen LogP contribution >= 0.6 is 11.5 Å². The van der Waals surface area contributed by atoms with Gasteiger partial charge in [-0.2, -0.15) is 4.37 Å². The zero-order chi connectivity index (χ0) is 24.3. The number of nitrogens with one attached hydrogen (secondary N) is 2. The van der Waals surface area contributed by atoms with Crippen molar-refractivity contribution in [3.63, 3.8) is 0 Å². The van der Waals surface area contributed by atoms with Crippen molar-refractivity contribution in [2.75, 3.05) is 44.6 Å². The number of fused-ring (bicyclic) bond motifs is 4. The average Bonchev–Trinajstić information content (AvgIpc) is 3.23. The van der Waals surface area contributed by atoms with Gasteiger partial charge in [-0.25, -0.2) is 4.79 Å². The average molecular weight is 488 g/mol. The third-order valence-electron chi connectivity index (χ3n) is 6.79. The van der Waals surface area contributed by atoms with Crippen LogP contribution in [-0.4, -0.2) is 77.1 Å². The number of benzene rings is 1.